The number of benzene rings is 8. The third-order valence-corrected chi connectivity index (χ3v) is 10.8. The Kier molecular flexibility index (Phi) is 4.72. The molecule has 0 fully saturated rings. The van der Waals surface area contributed by atoms with E-state index in [1.165, 1.54) is 76.6 Å². The smallest absolute Gasteiger partial charge is 0.137 e. The lowest BCUT2D eigenvalue weighted by atomic mass is 10.0. The molecule has 3 heteroatoms. The average molecular weight is 623 g/mol. The summed E-state index contributed by atoms with van der Waals surface area (Å²) in [5.41, 5.74) is 14.1. The van der Waals surface area contributed by atoms with Gasteiger partial charge in [0.15, 0.2) is 0 Å². The number of hydrogen-bond donors (Lipinski definition) is 0. The summed E-state index contributed by atoms with van der Waals surface area (Å²) in [6.45, 7) is 0. The van der Waals surface area contributed by atoms with E-state index in [0.717, 1.165) is 33.3 Å². The fourth-order valence-electron chi connectivity index (χ4n) is 8.87. The zero-order valence-corrected chi connectivity index (χ0v) is 26.3. The Bertz CT molecular complexity index is 3200. The standard InChI is InChI=1S/C46H26N2O/c1-2-12-28(13-3-1)48-44-35(24-25-41-43(44)37-15-5-7-19-40(37)49-41)36-23-22-34-31-14-4-6-18-39(31)47(45(34)46(36)48)29-20-21-30-32-16-8-10-27-11-9-17-33(42(27)32)38(30)26-29/h1-26H. The molecule has 1 aliphatic carbocycles. The van der Waals surface area contributed by atoms with Crippen LogP contribution in [-0.2, 0) is 0 Å². The number of hydrogen-bond acceptors (Lipinski definition) is 1. The van der Waals surface area contributed by atoms with E-state index in [-0.39, 0.29) is 0 Å². The quantitative estimate of drug-likeness (QED) is 0.188. The molecule has 12 rings (SSSR count). The Morgan fingerprint density at radius 3 is 1.88 bits per heavy atom. The first-order valence-corrected chi connectivity index (χ1v) is 16.9. The number of fused-ring (bicyclic) bond motifs is 14. The lowest BCUT2D eigenvalue weighted by Gasteiger charge is -2.14. The maximum atomic E-state index is 6.45. The third-order valence-electron chi connectivity index (χ3n) is 10.8. The van der Waals surface area contributed by atoms with E-state index in [0.29, 0.717) is 0 Å². The van der Waals surface area contributed by atoms with Crippen molar-refractivity contribution in [1.82, 2.24) is 9.13 Å². The minimum atomic E-state index is 0.901. The number of para-hydroxylation sites is 3. The van der Waals surface area contributed by atoms with E-state index in [4.69, 9.17) is 4.42 Å². The molecule has 3 nitrogen and oxygen atoms in total. The third kappa shape index (κ3) is 3.17. The Morgan fingerprint density at radius 1 is 0.347 bits per heavy atom. The monoisotopic (exact) mass is 622 g/mol. The Hall–Kier alpha value is -6.58. The van der Waals surface area contributed by atoms with Gasteiger partial charge in [0.2, 0.25) is 0 Å². The van der Waals surface area contributed by atoms with Gasteiger partial charge in [0.1, 0.15) is 11.2 Å². The van der Waals surface area contributed by atoms with Crippen LogP contribution in [0, 0.1) is 0 Å². The lowest BCUT2D eigenvalue weighted by molar-refractivity contribution is 0.669. The maximum absolute atomic E-state index is 6.45. The van der Waals surface area contributed by atoms with Crippen LogP contribution in [0.2, 0.25) is 0 Å². The van der Waals surface area contributed by atoms with Gasteiger partial charge in [-0.05, 0) is 81.6 Å². The van der Waals surface area contributed by atoms with Crippen molar-refractivity contribution in [2.45, 2.75) is 0 Å². The average Bonchev–Trinajstić information content (AvgIpc) is 3.89. The predicted molar refractivity (Wildman–Crippen MR) is 204 cm³/mol. The van der Waals surface area contributed by atoms with Crippen LogP contribution in [0.3, 0.4) is 0 Å². The molecule has 0 atom stereocenters. The second kappa shape index (κ2) is 9.06. The van der Waals surface area contributed by atoms with Gasteiger partial charge in [-0.2, -0.15) is 0 Å². The summed E-state index contributed by atoms with van der Waals surface area (Å²) < 4.78 is 11.4. The molecule has 8 aromatic carbocycles. The number of aromatic nitrogens is 2. The summed E-state index contributed by atoms with van der Waals surface area (Å²) in [7, 11) is 0. The van der Waals surface area contributed by atoms with Gasteiger partial charge in [-0.3, -0.25) is 0 Å². The predicted octanol–water partition coefficient (Wildman–Crippen LogP) is 12.6. The van der Waals surface area contributed by atoms with Crippen LogP contribution < -0.4 is 0 Å². The van der Waals surface area contributed by atoms with E-state index >= 15 is 0 Å². The Balaban J connectivity index is 1.29. The van der Waals surface area contributed by atoms with Crippen LogP contribution in [0.25, 0.3) is 110 Å². The summed E-state index contributed by atoms with van der Waals surface area (Å²) >= 11 is 0. The van der Waals surface area contributed by atoms with Gasteiger partial charge in [-0.25, -0.2) is 0 Å². The van der Waals surface area contributed by atoms with E-state index in [9.17, 15) is 0 Å². The highest BCUT2D eigenvalue weighted by atomic mass is 16.3. The van der Waals surface area contributed by atoms with Crippen molar-refractivity contribution >= 4 is 76.3 Å². The van der Waals surface area contributed by atoms with Gasteiger partial charge in [-0.15, -0.1) is 0 Å². The van der Waals surface area contributed by atoms with Crippen LogP contribution in [0.15, 0.2) is 162 Å². The van der Waals surface area contributed by atoms with E-state index in [2.05, 4.69) is 161 Å². The maximum Gasteiger partial charge on any atom is 0.137 e. The zero-order valence-electron chi connectivity index (χ0n) is 26.3. The fourth-order valence-corrected chi connectivity index (χ4v) is 8.87. The van der Waals surface area contributed by atoms with Crippen LogP contribution in [0.4, 0.5) is 0 Å². The summed E-state index contributed by atoms with van der Waals surface area (Å²) in [4.78, 5) is 0. The van der Waals surface area contributed by atoms with Gasteiger partial charge in [-0.1, -0.05) is 109 Å². The molecule has 0 spiro atoms. The van der Waals surface area contributed by atoms with Gasteiger partial charge in [0.05, 0.1) is 27.5 Å². The van der Waals surface area contributed by atoms with Crippen molar-refractivity contribution in [3.63, 3.8) is 0 Å². The molecule has 49 heavy (non-hydrogen) atoms. The van der Waals surface area contributed by atoms with Crippen molar-refractivity contribution in [3.05, 3.63) is 158 Å². The Morgan fingerprint density at radius 2 is 1.02 bits per heavy atom. The minimum absolute atomic E-state index is 0.901. The van der Waals surface area contributed by atoms with Crippen molar-refractivity contribution < 1.29 is 4.42 Å². The number of furan rings is 1. The topological polar surface area (TPSA) is 23.0 Å². The van der Waals surface area contributed by atoms with Crippen LogP contribution in [0.1, 0.15) is 0 Å². The molecule has 1 aliphatic rings. The van der Waals surface area contributed by atoms with Crippen LogP contribution >= 0.6 is 0 Å². The minimum Gasteiger partial charge on any atom is -0.456 e. The highest BCUT2D eigenvalue weighted by Gasteiger charge is 2.26. The van der Waals surface area contributed by atoms with E-state index in [1.807, 2.05) is 6.07 Å². The van der Waals surface area contributed by atoms with Crippen molar-refractivity contribution in [2.75, 3.05) is 0 Å². The molecule has 0 amide bonds. The van der Waals surface area contributed by atoms with Crippen LogP contribution in [0.5, 0.6) is 0 Å². The molecular formula is C46H26N2O. The van der Waals surface area contributed by atoms with Crippen molar-refractivity contribution in [1.29, 1.82) is 0 Å². The highest BCUT2D eigenvalue weighted by Crippen LogP contribution is 2.49. The van der Waals surface area contributed by atoms with E-state index < -0.39 is 0 Å². The summed E-state index contributed by atoms with van der Waals surface area (Å²) in [5.74, 6) is 0. The highest BCUT2D eigenvalue weighted by molar-refractivity contribution is 6.29. The first kappa shape index (κ1) is 25.5. The first-order chi connectivity index (χ1) is 24.3. The van der Waals surface area contributed by atoms with Gasteiger partial charge < -0.3 is 13.6 Å². The molecule has 0 radical (unpaired) electrons. The largest absolute Gasteiger partial charge is 0.456 e. The SMILES string of the molecule is c1ccc(-n2c3c(ccc4oc5ccccc5c43)c3ccc4c5ccccc5n(-c5ccc6c(c5)-c5cccc7cccc-6c57)c4c32)cc1. The number of rotatable bonds is 2. The zero-order chi connectivity index (χ0) is 31.8. The summed E-state index contributed by atoms with van der Waals surface area (Å²) in [6, 6.07) is 57.5. The first-order valence-electron chi connectivity index (χ1n) is 16.9. The molecule has 0 saturated heterocycles. The number of nitrogens with zero attached hydrogens (tertiary/aromatic N) is 2. The molecule has 0 unspecified atom stereocenters. The van der Waals surface area contributed by atoms with Gasteiger partial charge >= 0.3 is 0 Å². The lowest BCUT2D eigenvalue weighted by Crippen LogP contribution is -1.99. The molecule has 11 aromatic rings. The summed E-state index contributed by atoms with van der Waals surface area (Å²) in [5, 5.41) is 9.84. The molecule has 3 heterocycles. The van der Waals surface area contributed by atoms with Gasteiger partial charge in [0, 0.05) is 38.3 Å². The molecule has 226 valence electrons. The summed E-state index contributed by atoms with van der Waals surface area (Å²) in [6.07, 6.45) is 0. The van der Waals surface area contributed by atoms with Crippen LogP contribution in [-0.4, -0.2) is 9.13 Å². The normalized spacial score (nSPS) is 12.5. The van der Waals surface area contributed by atoms with Gasteiger partial charge in [0.25, 0.3) is 0 Å². The second-order valence-corrected chi connectivity index (χ2v) is 13.3. The fraction of sp³-hybridized carbons (Fsp3) is 0. The molecule has 0 bridgehead atoms. The molecule has 0 aliphatic heterocycles. The van der Waals surface area contributed by atoms with Crippen molar-refractivity contribution in [3.8, 4) is 33.6 Å². The molecular weight excluding hydrogens is 597 g/mol. The molecule has 3 aromatic heterocycles. The Labute approximate surface area is 280 Å². The molecule has 0 N–H and O–H groups in total. The second-order valence-electron chi connectivity index (χ2n) is 13.3. The van der Waals surface area contributed by atoms with E-state index in [1.54, 1.807) is 0 Å². The van der Waals surface area contributed by atoms with Crippen molar-refractivity contribution in [2.24, 2.45) is 0 Å². The molecule has 0 saturated carbocycles.